The SMILES string of the molecule is CC(=O)N1CCC(n2cc3c(n2)CC[C@](c2ccc(C(OCc4c(F)cccc4F)(C(F)(F)F)C(F)(F)F)cc2)(S(=O)(=O)c2ccc(F)cc2)C3)CC1. The molecule has 0 saturated carbocycles. The number of likely N-dealkylation sites (tertiary alicyclic amines) is 1. The molecule has 1 amide bonds. The van der Waals surface area contributed by atoms with E-state index in [1.165, 1.54) is 6.92 Å². The number of ether oxygens (including phenoxy) is 1. The number of alkyl halides is 6. The van der Waals surface area contributed by atoms with Crippen LogP contribution in [0.1, 0.15) is 60.2 Å². The number of amides is 1. The number of piperidine rings is 1. The molecule has 1 aliphatic heterocycles. The number of sulfone groups is 1. The number of hydrogen-bond donors (Lipinski definition) is 0. The third-order valence-electron chi connectivity index (χ3n) is 10.2. The lowest BCUT2D eigenvalue weighted by atomic mass is 9.81. The molecule has 0 N–H and O–H groups in total. The van der Waals surface area contributed by atoms with Gasteiger partial charge in [0.15, 0.2) is 9.84 Å². The lowest BCUT2D eigenvalue weighted by Crippen LogP contribution is -2.56. The number of hydrogen-bond acceptors (Lipinski definition) is 5. The van der Waals surface area contributed by atoms with E-state index in [0.29, 0.717) is 61.5 Å². The molecule has 0 unspecified atom stereocenters. The number of nitrogens with zero attached hydrogens (tertiary/aromatic N) is 3. The lowest BCUT2D eigenvalue weighted by molar-refractivity contribution is -0.392. The molecule has 0 bridgehead atoms. The lowest BCUT2D eigenvalue weighted by Gasteiger charge is -2.39. The van der Waals surface area contributed by atoms with Crippen LogP contribution in [0.3, 0.4) is 0 Å². The Morgan fingerprint density at radius 2 is 1.47 bits per heavy atom. The fraction of sp³-hybridized carbons (Fsp3) is 0.389. The molecule has 0 radical (unpaired) electrons. The Morgan fingerprint density at radius 1 is 0.887 bits per heavy atom. The predicted octanol–water partition coefficient (Wildman–Crippen LogP) is 7.88. The summed E-state index contributed by atoms with van der Waals surface area (Å²) in [5, 5.41) is 4.68. The van der Waals surface area contributed by atoms with Gasteiger partial charge in [0, 0.05) is 37.3 Å². The molecule has 284 valence electrons. The van der Waals surface area contributed by atoms with E-state index < -0.39 is 67.7 Å². The van der Waals surface area contributed by atoms with Crippen LogP contribution in [0.4, 0.5) is 39.5 Å². The van der Waals surface area contributed by atoms with Crippen molar-refractivity contribution in [2.24, 2.45) is 0 Å². The molecule has 2 aliphatic rings. The molecule has 7 nitrogen and oxygen atoms in total. The number of benzene rings is 3. The summed E-state index contributed by atoms with van der Waals surface area (Å²) in [6, 6.07) is 8.50. The second-order valence-electron chi connectivity index (χ2n) is 13.2. The molecular formula is C36H32F9N3O4S. The zero-order valence-corrected chi connectivity index (χ0v) is 28.8. The average molecular weight is 774 g/mol. The van der Waals surface area contributed by atoms with Crippen LogP contribution in [0, 0.1) is 17.5 Å². The molecule has 1 aliphatic carbocycles. The van der Waals surface area contributed by atoms with Crippen molar-refractivity contribution in [3.8, 4) is 0 Å². The predicted molar refractivity (Wildman–Crippen MR) is 171 cm³/mol. The fourth-order valence-corrected chi connectivity index (χ4v) is 9.35. The fourth-order valence-electron chi connectivity index (χ4n) is 7.24. The van der Waals surface area contributed by atoms with Gasteiger partial charge in [0.05, 0.1) is 23.2 Å². The van der Waals surface area contributed by atoms with Crippen LogP contribution >= 0.6 is 0 Å². The molecule has 1 saturated heterocycles. The van der Waals surface area contributed by atoms with Gasteiger partial charge >= 0.3 is 12.4 Å². The van der Waals surface area contributed by atoms with E-state index in [2.05, 4.69) is 9.84 Å². The number of rotatable bonds is 8. The Labute approximate surface area is 298 Å². The standard InChI is InChI=1S/C36H32F9N3O4S/c1-22(49)47-17-14-27(15-18-47)48-20-23-19-33(16-13-32(23)46-48,53(50,51)28-11-9-26(37)10-12-28)24-5-7-25(8-6-24)34(35(40,41)42,36(43,44)45)52-21-29-30(38)3-2-4-31(29)39/h2-12,20,27H,13-19,21H2,1H3/t33-/m0/s1. The summed E-state index contributed by atoms with van der Waals surface area (Å²) >= 11 is 0. The van der Waals surface area contributed by atoms with Gasteiger partial charge in [0.25, 0.3) is 5.60 Å². The number of aromatic nitrogens is 2. The smallest absolute Gasteiger partial charge is 0.349 e. The van der Waals surface area contributed by atoms with Crippen LogP contribution in [0.2, 0.25) is 0 Å². The summed E-state index contributed by atoms with van der Waals surface area (Å²) < 4.78 is 163. The largest absolute Gasteiger partial charge is 0.430 e. The van der Waals surface area contributed by atoms with Crippen molar-refractivity contribution < 1.29 is 57.5 Å². The van der Waals surface area contributed by atoms with E-state index in [1.54, 1.807) is 15.8 Å². The van der Waals surface area contributed by atoms with Crippen LogP contribution in [0.25, 0.3) is 0 Å². The van der Waals surface area contributed by atoms with Crippen molar-refractivity contribution in [3.63, 3.8) is 0 Å². The van der Waals surface area contributed by atoms with E-state index in [4.69, 9.17) is 0 Å². The normalized spacial score (nSPS) is 18.9. The van der Waals surface area contributed by atoms with Crippen molar-refractivity contribution in [1.82, 2.24) is 14.7 Å². The summed E-state index contributed by atoms with van der Waals surface area (Å²) in [5.74, 6) is -3.66. The average Bonchev–Trinajstić information content (AvgIpc) is 3.52. The molecule has 53 heavy (non-hydrogen) atoms. The van der Waals surface area contributed by atoms with Gasteiger partial charge in [-0.3, -0.25) is 9.48 Å². The number of fused-ring (bicyclic) bond motifs is 1. The maximum Gasteiger partial charge on any atom is 0.430 e. The second kappa shape index (κ2) is 13.8. The highest BCUT2D eigenvalue weighted by Gasteiger charge is 2.73. The quantitative estimate of drug-likeness (QED) is 0.135. The summed E-state index contributed by atoms with van der Waals surface area (Å²) in [4.78, 5) is 13.2. The molecule has 3 aromatic carbocycles. The van der Waals surface area contributed by atoms with Crippen LogP contribution in [-0.4, -0.2) is 54.4 Å². The Hall–Kier alpha value is -4.38. The molecule has 0 spiro atoms. The highest BCUT2D eigenvalue weighted by Crippen LogP contribution is 2.54. The highest BCUT2D eigenvalue weighted by molar-refractivity contribution is 7.92. The summed E-state index contributed by atoms with van der Waals surface area (Å²) in [6.45, 7) is 0.682. The molecule has 4 aromatic rings. The van der Waals surface area contributed by atoms with Gasteiger partial charge in [-0.05, 0) is 79.6 Å². The van der Waals surface area contributed by atoms with E-state index in [-0.39, 0.29) is 41.7 Å². The van der Waals surface area contributed by atoms with Crippen LogP contribution in [0.15, 0.2) is 77.8 Å². The van der Waals surface area contributed by atoms with Crippen molar-refractivity contribution in [2.45, 2.75) is 79.3 Å². The molecule has 1 atom stereocenters. The van der Waals surface area contributed by atoms with Gasteiger partial charge < -0.3 is 9.64 Å². The topological polar surface area (TPSA) is 81.5 Å². The Bertz CT molecular complexity index is 2060. The van der Waals surface area contributed by atoms with Crippen molar-refractivity contribution in [1.29, 1.82) is 0 Å². The third-order valence-corrected chi connectivity index (χ3v) is 12.7. The van der Waals surface area contributed by atoms with E-state index >= 15 is 0 Å². The van der Waals surface area contributed by atoms with Crippen LogP contribution < -0.4 is 0 Å². The minimum atomic E-state index is -6.21. The van der Waals surface area contributed by atoms with Crippen molar-refractivity contribution in [2.75, 3.05) is 13.1 Å². The minimum absolute atomic E-state index is 0.0587. The van der Waals surface area contributed by atoms with E-state index in [1.807, 2.05) is 0 Å². The van der Waals surface area contributed by atoms with E-state index in [9.17, 15) is 52.7 Å². The minimum Gasteiger partial charge on any atom is -0.349 e. The van der Waals surface area contributed by atoms with Gasteiger partial charge in [0.2, 0.25) is 5.91 Å². The molecule has 2 heterocycles. The number of carbonyl (C=O) groups is 1. The molecule has 1 aromatic heterocycles. The maximum absolute atomic E-state index is 14.6. The first-order valence-corrected chi connectivity index (χ1v) is 17.9. The first kappa shape index (κ1) is 38.3. The zero-order chi connectivity index (χ0) is 38.6. The second-order valence-corrected chi connectivity index (χ2v) is 15.4. The Balaban J connectivity index is 1.43. The van der Waals surface area contributed by atoms with Gasteiger partial charge in [-0.1, -0.05) is 30.3 Å². The molecular weight excluding hydrogens is 741 g/mol. The molecule has 1 fully saturated rings. The zero-order valence-electron chi connectivity index (χ0n) is 27.9. The summed E-state index contributed by atoms with van der Waals surface area (Å²) in [6.07, 6.45) is -10.0. The van der Waals surface area contributed by atoms with E-state index in [0.717, 1.165) is 42.5 Å². The van der Waals surface area contributed by atoms with Gasteiger partial charge in [0.1, 0.15) is 22.2 Å². The first-order valence-electron chi connectivity index (χ1n) is 16.4. The van der Waals surface area contributed by atoms with Crippen LogP contribution in [-0.2, 0) is 49.2 Å². The number of halogens is 9. The Kier molecular flexibility index (Phi) is 9.98. The Morgan fingerprint density at radius 3 is 2.02 bits per heavy atom. The monoisotopic (exact) mass is 773 g/mol. The van der Waals surface area contributed by atoms with Gasteiger partial charge in [-0.15, -0.1) is 0 Å². The van der Waals surface area contributed by atoms with Crippen molar-refractivity contribution >= 4 is 15.7 Å². The van der Waals surface area contributed by atoms with Crippen LogP contribution in [0.5, 0.6) is 0 Å². The highest BCUT2D eigenvalue weighted by atomic mass is 32.2. The van der Waals surface area contributed by atoms with Gasteiger partial charge in [-0.2, -0.15) is 31.4 Å². The van der Waals surface area contributed by atoms with Crippen molar-refractivity contribution in [3.05, 3.63) is 118 Å². The molecule has 6 rings (SSSR count). The summed E-state index contributed by atoms with van der Waals surface area (Å²) in [7, 11) is -4.54. The molecule has 17 heteroatoms. The maximum atomic E-state index is 14.6. The third kappa shape index (κ3) is 6.70. The first-order chi connectivity index (χ1) is 24.8. The summed E-state index contributed by atoms with van der Waals surface area (Å²) in [5.41, 5.74) is -6.85. The number of aryl methyl sites for hydroxylation is 1. The van der Waals surface area contributed by atoms with Gasteiger partial charge in [-0.25, -0.2) is 21.6 Å². The number of carbonyl (C=O) groups excluding carboxylic acids is 1.